The minimum absolute atomic E-state index is 0.00173. The third-order valence-corrected chi connectivity index (χ3v) is 7.95. The normalized spacial score (nSPS) is 18.1. The average Bonchev–Trinajstić information content (AvgIpc) is 3.09. The Kier molecular flexibility index (Phi) is 8.16. The van der Waals surface area contributed by atoms with E-state index in [0.29, 0.717) is 30.7 Å². The maximum atomic E-state index is 15.3. The number of alkyl halides is 3. The number of aryl methyl sites for hydroxylation is 1. The van der Waals surface area contributed by atoms with Crippen LogP contribution in [-0.4, -0.2) is 63.4 Å². The van der Waals surface area contributed by atoms with E-state index < -0.39 is 40.3 Å². The smallest absolute Gasteiger partial charge is 0.394 e. The molecule has 0 aliphatic carbocycles. The number of fused-ring (bicyclic) bond motifs is 1. The van der Waals surface area contributed by atoms with E-state index in [1.807, 2.05) is 0 Å². The molecule has 2 aromatic carbocycles. The zero-order valence-electron chi connectivity index (χ0n) is 21.6. The molecule has 0 radical (unpaired) electrons. The van der Waals surface area contributed by atoms with Crippen LogP contribution in [0.5, 0.6) is 5.75 Å². The molecule has 0 amide bonds. The molecule has 3 N–H and O–H groups in total. The summed E-state index contributed by atoms with van der Waals surface area (Å²) in [6.45, 7) is 0.898. The number of benzene rings is 2. The summed E-state index contributed by atoms with van der Waals surface area (Å²) in [4.78, 5) is 0.0712. The van der Waals surface area contributed by atoms with Crippen molar-refractivity contribution in [1.29, 1.82) is 0 Å². The number of methoxy groups -OCH3 is 1. The Balaban J connectivity index is 1.70. The number of aliphatic hydroxyl groups excluding tert-OH is 1. The molecular formula is C27H29F4N3O4S. The number of anilines is 1. The molecule has 2 atom stereocenters. The number of aromatic nitrogens is 1. The number of ether oxygens (including phenoxy) is 1. The second-order valence-electron chi connectivity index (χ2n) is 9.52. The summed E-state index contributed by atoms with van der Waals surface area (Å²) in [7, 11) is -0.580. The summed E-state index contributed by atoms with van der Waals surface area (Å²) in [5.74, 6) is 4.76. The summed E-state index contributed by atoms with van der Waals surface area (Å²) >= 11 is 0. The van der Waals surface area contributed by atoms with Gasteiger partial charge in [0.05, 0.1) is 42.3 Å². The van der Waals surface area contributed by atoms with Crippen molar-refractivity contribution < 1.29 is 35.8 Å². The van der Waals surface area contributed by atoms with Crippen LogP contribution in [0, 0.1) is 17.7 Å². The zero-order chi connectivity index (χ0) is 28.5. The van der Waals surface area contributed by atoms with Crippen LogP contribution in [0.25, 0.3) is 10.9 Å². The van der Waals surface area contributed by atoms with Crippen LogP contribution in [0.15, 0.2) is 35.2 Å². The van der Waals surface area contributed by atoms with Crippen LogP contribution in [0.2, 0.25) is 0 Å². The lowest BCUT2D eigenvalue weighted by molar-refractivity contribution is -0.128. The van der Waals surface area contributed by atoms with Crippen molar-refractivity contribution >= 4 is 26.4 Å². The lowest BCUT2D eigenvalue weighted by Crippen LogP contribution is -2.39. The number of nitrogens with one attached hydrogen (secondary N) is 2. The molecule has 3 aromatic rings. The number of sulfone groups is 1. The van der Waals surface area contributed by atoms with Gasteiger partial charge in [-0.05, 0) is 42.8 Å². The monoisotopic (exact) mass is 567 g/mol. The highest BCUT2D eigenvalue weighted by atomic mass is 32.2. The van der Waals surface area contributed by atoms with Crippen LogP contribution < -0.4 is 15.4 Å². The Labute approximate surface area is 224 Å². The number of aliphatic hydroxyl groups is 1. The van der Waals surface area contributed by atoms with Gasteiger partial charge in [-0.2, -0.15) is 13.2 Å². The minimum atomic E-state index is -4.52. The van der Waals surface area contributed by atoms with Crippen molar-refractivity contribution in [2.24, 2.45) is 7.05 Å². The first-order valence-corrected chi connectivity index (χ1v) is 14.1. The number of nitrogens with zero attached hydrogens (tertiary/aromatic N) is 1. The number of β-amino-alcohol motifs (C(OH)–C–C–N with tert-alkyl or cyclic N) is 1. The topological polar surface area (TPSA) is 92.6 Å². The SMILES string of the molecule is COc1cc(S(C)(=O)=O)ccc1NCC#Cc1c(CC(F)(F)F)n(C)c2cc(C3CCNCC3O)c(F)cc12. The molecule has 0 bridgehead atoms. The lowest BCUT2D eigenvalue weighted by Gasteiger charge is -2.29. The molecule has 12 heteroatoms. The maximum Gasteiger partial charge on any atom is 0.394 e. The van der Waals surface area contributed by atoms with Gasteiger partial charge in [-0.3, -0.25) is 0 Å². The highest BCUT2D eigenvalue weighted by molar-refractivity contribution is 7.90. The van der Waals surface area contributed by atoms with E-state index in [1.54, 1.807) is 0 Å². The van der Waals surface area contributed by atoms with Gasteiger partial charge in [-0.15, -0.1) is 0 Å². The molecule has 4 rings (SSSR count). The van der Waals surface area contributed by atoms with Gasteiger partial charge in [0.25, 0.3) is 0 Å². The Morgan fingerprint density at radius 1 is 1.26 bits per heavy atom. The number of piperidine rings is 1. The minimum Gasteiger partial charge on any atom is -0.495 e. The third kappa shape index (κ3) is 6.32. The van der Waals surface area contributed by atoms with E-state index in [-0.39, 0.29) is 39.4 Å². The fourth-order valence-corrected chi connectivity index (χ4v) is 5.51. The average molecular weight is 568 g/mol. The molecule has 1 saturated heterocycles. The van der Waals surface area contributed by atoms with Gasteiger partial charge in [0.1, 0.15) is 11.6 Å². The van der Waals surface area contributed by atoms with Crippen molar-refractivity contribution in [2.45, 2.75) is 35.9 Å². The number of hydrogen-bond acceptors (Lipinski definition) is 6. The summed E-state index contributed by atoms with van der Waals surface area (Å²) in [6.07, 6.45) is -5.00. The summed E-state index contributed by atoms with van der Waals surface area (Å²) in [5.41, 5.74) is 1.09. The van der Waals surface area contributed by atoms with Crippen LogP contribution in [0.3, 0.4) is 0 Å². The third-order valence-electron chi connectivity index (χ3n) is 6.84. The highest BCUT2D eigenvalue weighted by Crippen LogP contribution is 2.36. The van der Waals surface area contributed by atoms with Gasteiger partial charge in [0.15, 0.2) is 9.84 Å². The molecule has 7 nitrogen and oxygen atoms in total. The Morgan fingerprint density at radius 3 is 2.64 bits per heavy atom. The molecular weight excluding hydrogens is 538 g/mol. The first kappa shape index (κ1) is 28.7. The Hall–Kier alpha value is -3.27. The molecule has 1 aliphatic rings. The number of halogens is 4. The molecule has 1 aliphatic heterocycles. The van der Waals surface area contributed by atoms with E-state index in [9.17, 15) is 26.7 Å². The first-order chi connectivity index (χ1) is 18.3. The van der Waals surface area contributed by atoms with Crippen LogP contribution >= 0.6 is 0 Å². The molecule has 2 unspecified atom stereocenters. The van der Waals surface area contributed by atoms with Crippen LogP contribution in [0.4, 0.5) is 23.2 Å². The van der Waals surface area contributed by atoms with E-state index in [0.717, 1.165) is 6.26 Å². The quantitative estimate of drug-likeness (QED) is 0.311. The molecule has 210 valence electrons. The van der Waals surface area contributed by atoms with E-state index in [1.165, 1.54) is 49.1 Å². The zero-order valence-corrected chi connectivity index (χ0v) is 22.4. The van der Waals surface area contributed by atoms with Crippen molar-refractivity contribution in [3.63, 3.8) is 0 Å². The predicted molar refractivity (Wildman–Crippen MR) is 140 cm³/mol. The molecule has 39 heavy (non-hydrogen) atoms. The number of rotatable bonds is 6. The van der Waals surface area contributed by atoms with Gasteiger partial charge in [-0.25, -0.2) is 12.8 Å². The molecule has 0 saturated carbocycles. The van der Waals surface area contributed by atoms with Gasteiger partial charge < -0.3 is 25.0 Å². The lowest BCUT2D eigenvalue weighted by atomic mass is 9.87. The molecule has 1 aromatic heterocycles. The summed E-state index contributed by atoms with van der Waals surface area (Å²) < 4.78 is 86.0. The molecule has 2 heterocycles. The van der Waals surface area contributed by atoms with E-state index in [2.05, 4.69) is 22.5 Å². The van der Waals surface area contributed by atoms with Crippen LogP contribution in [0.1, 0.15) is 29.2 Å². The van der Waals surface area contributed by atoms with Crippen molar-refractivity contribution in [2.75, 3.05) is 38.3 Å². The highest BCUT2D eigenvalue weighted by Gasteiger charge is 2.33. The van der Waals surface area contributed by atoms with Crippen LogP contribution in [-0.2, 0) is 23.3 Å². The predicted octanol–water partition coefficient (Wildman–Crippen LogP) is 3.74. The van der Waals surface area contributed by atoms with Gasteiger partial charge in [0, 0.05) is 48.4 Å². The largest absolute Gasteiger partial charge is 0.495 e. The summed E-state index contributed by atoms with van der Waals surface area (Å²) in [6, 6.07) is 6.98. The van der Waals surface area contributed by atoms with Gasteiger partial charge >= 0.3 is 6.18 Å². The molecule has 1 fully saturated rings. The Bertz CT molecular complexity index is 1560. The standard InChI is InChI=1S/C27H29F4N3O4S/c1-34-23-13-19(18-8-10-32-15-25(18)35)21(28)12-20(23)17(24(34)14-27(29,30)31)5-4-9-33-22-7-6-16(39(3,36)37)11-26(22)38-2/h6-7,11-13,18,25,32-33,35H,8-10,14-15H2,1-3H3. The maximum absolute atomic E-state index is 15.3. The van der Waals surface area contributed by atoms with E-state index in [4.69, 9.17) is 4.74 Å². The van der Waals surface area contributed by atoms with Gasteiger partial charge in [0.2, 0.25) is 0 Å². The fourth-order valence-electron chi connectivity index (χ4n) is 4.87. The van der Waals surface area contributed by atoms with Crippen molar-refractivity contribution in [1.82, 2.24) is 9.88 Å². The summed E-state index contributed by atoms with van der Waals surface area (Å²) in [5, 5.41) is 16.6. The fraction of sp³-hybridized carbons (Fsp3) is 0.407. The molecule has 0 spiro atoms. The Morgan fingerprint density at radius 2 is 2.00 bits per heavy atom. The second-order valence-corrected chi connectivity index (χ2v) is 11.5. The second kappa shape index (κ2) is 11.1. The first-order valence-electron chi connectivity index (χ1n) is 12.2. The van der Waals surface area contributed by atoms with E-state index >= 15 is 4.39 Å². The van der Waals surface area contributed by atoms with Gasteiger partial charge in [-0.1, -0.05) is 11.8 Å². The van der Waals surface area contributed by atoms with Crippen molar-refractivity contribution in [3.05, 3.63) is 53.0 Å². The number of hydrogen-bond donors (Lipinski definition) is 3. The van der Waals surface area contributed by atoms with Crippen molar-refractivity contribution in [3.8, 4) is 17.6 Å².